The minimum absolute atomic E-state index is 0.238. The van der Waals surface area contributed by atoms with Crippen molar-refractivity contribution in [3.8, 4) is 23.6 Å². The van der Waals surface area contributed by atoms with Gasteiger partial charge < -0.3 is 9.84 Å². The third-order valence-electron chi connectivity index (χ3n) is 2.54. The number of phenolic OH excluding ortho intramolecular Hbond substituents is 1. The Morgan fingerprint density at radius 2 is 1.43 bits per heavy atom. The zero-order chi connectivity index (χ0) is 18.0. The van der Waals surface area contributed by atoms with E-state index in [1.807, 2.05) is 12.1 Å². The van der Waals surface area contributed by atoms with Gasteiger partial charge in [-0.25, -0.2) is 0 Å². The van der Waals surface area contributed by atoms with Crippen LogP contribution in [0.4, 0.5) is 0 Å². The number of phenols is 1. The topological polar surface area (TPSA) is 77.0 Å². The highest BCUT2D eigenvalue weighted by atomic mass is 16.5. The first-order valence-corrected chi connectivity index (χ1v) is 6.14. The molecule has 0 radical (unpaired) electrons. The Bertz CT molecular complexity index is 712. The van der Waals surface area contributed by atoms with Crippen molar-refractivity contribution < 1.29 is 14.0 Å². The van der Waals surface area contributed by atoms with Crippen molar-refractivity contribution in [2.24, 2.45) is 0 Å². The first-order chi connectivity index (χ1) is 11.3. The van der Waals surface area contributed by atoms with E-state index in [0.717, 1.165) is 11.1 Å². The molecule has 0 aliphatic rings. The van der Waals surface area contributed by atoms with Crippen LogP contribution in [-0.2, 0) is 12.8 Å². The molecule has 106 valence electrons. The Balaban J connectivity index is 0.000000254. The molecule has 0 amide bonds. The van der Waals surface area contributed by atoms with Gasteiger partial charge in [0.1, 0.15) is 11.5 Å². The number of benzene rings is 2. The molecule has 0 spiro atoms. The molecule has 0 aliphatic heterocycles. The standard InChI is InChI=1S/C9H9NO.C8H7NO/c1-11-9-4-2-8(3-5-9)6-7-10;9-6-5-7-1-3-8(10)4-2-7/h2-5H,6H2,1H3;1-4,10H,5H2/i1D3;. The van der Waals surface area contributed by atoms with E-state index in [0.29, 0.717) is 12.8 Å². The molecule has 0 heterocycles. The summed E-state index contributed by atoms with van der Waals surface area (Å²) in [5.41, 5.74) is 1.77. The maximum Gasteiger partial charge on any atom is 0.118 e. The number of hydrogen-bond donors (Lipinski definition) is 1. The predicted octanol–water partition coefficient (Wildman–Crippen LogP) is 3.22. The number of nitrogens with zero attached hydrogens (tertiary/aromatic N) is 2. The molecule has 21 heavy (non-hydrogen) atoms. The van der Waals surface area contributed by atoms with Gasteiger partial charge in [-0.05, 0) is 35.4 Å². The van der Waals surface area contributed by atoms with Crippen molar-refractivity contribution in [2.75, 3.05) is 7.04 Å². The summed E-state index contributed by atoms with van der Waals surface area (Å²) in [5.74, 6) is 0.522. The second kappa shape index (κ2) is 9.01. The van der Waals surface area contributed by atoms with E-state index in [-0.39, 0.29) is 11.5 Å². The number of rotatable bonds is 3. The van der Waals surface area contributed by atoms with Crippen LogP contribution >= 0.6 is 0 Å². The van der Waals surface area contributed by atoms with Crippen molar-refractivity contribution in [3.05, 3.63) is 59.7 Å². The summed E-state index contributed by atoms with van der Waals surface area (Å²) >= 11 is 0. The van der Waals surface area contributed by atoms with Gasteiger partial charge in [-0.2, -0.15) is 10.5 Å². The average molecular weight is 283 g/mol. The van der Waals surface area contributed by atoms with Crippen molar-refractivity contribution in [3.63, 3.8) is 0 Å². The van der Waals surface area contributed by atoms with Crippen LogP contribution < -0.4 is 4.74 Å². The highest BCUT2D eigenvalue weighted by Crippen LogP contribution is 2.11. The fourth-order valence-electron chi connectivity index (χ4n) is 1.47. The first kappa shape index (κ1) is 11.8. The van der Waals surface area contributed by atoms with Gasteiger partial charge in [0.05, 0.1) is 36.1 Å². The number of aromatic hydroxyl groups is 1. The van der Waals surface area contributed by atoms with Gasteiger partial charge in [-0.3, -0.25) is 0 Å². The molecular formula is C17H16N2O2. The van der Waals surface area contributed by atoms with Gasteiger partial charge in [-0.1, -0.05) is 24.3 Å². The molecule has 2 aromatic carbocycles. The number of ether oxygens (including phenoxy) is 1. The summed E-state index contributed by atoms with van der Waals surface area (Å²) < 4.78 is 25.2. The summed E-state index contributed by atoms with van der Waals surface area (Å²) in [4.78, 5) is 0. The molecule has 4 heteroatoms. The molecule has 1 N–H and O–H groups in total. The maximum atomic E-state index is 8.84. The number of methoxy groups -OCH3 is 1. The van der Waals surface area contributed by atoms with Gasteiger partial charge in [0, 0.05) is 0 Å². The lowest BCUT2D eigenvalue weighted by molar-refractivity contribution is 0.414. The summed E-state index contributed by atoms with van der Waals surface area (Å²) in [5, 5.41) is 25.5. The van der Waals surface area contributed by atoms with Crippen LogP contribution in [0, 0.1) is 22.7 Å². The first-order valence-electron chi connectivity index (χ1n) is 7.64. The fourth-order valence-corrected chi connectivity index (χ4v) is 1.47. The van der Waals surface area contributed by atoms with Crippen LogP contribution in [0.15, 0.2) is 48.5 Å². The van der Waals surface area contributed by atoms with E-state index in [4.69, 9.17) is 19.7 Å². The van der Waals surface area contributed by atoms with E-state index in [9.17, 15) is 0 Å². The molecule has 0 saturated heterocycles. The van der Waals surface area contributed by atoms with Crippen LogP contribution in [-0.4, -0.2) is 12.1 Å². The van der Waals surface area contributed by atoms with Crippen LogP contribution in [0.5, 0.6) is 11.5 Å². The summed E-state index contributed by atoms with van der Waals surface area (Å²) in [6, 6.07) is 17.1. The normalized spacial score (nSPS) is 11.4. The van der Waals surface area contributed by atoms with Crippen LogP contribution in [0.1, 0.15) is 15.2 Å². The summed E-state index contributed by atoms with van der Waals surface area (Å²) in [7, 11) is -2.42. The smallest absolute Gasteiger partial charge is 0.118 e. The predicted molar refractivity (Wildman–Crippen MR) is 79.7 cm³/mol. The molecule has 0 saturated carbocycles. The lowest BCUT2D eigenvalue weighted by Crippen LogP contribution is -1.84. The monoisotopic (exact) mass is 283 g/mol. The van der Waals surface area contributed by atoms with Gasteiger partial charge in [0.25, 0.3) is 0 Å². The van der Waals surface area contributed by atoms with Crippen molar-refractivity contribution in [2.45, 2.75) is 12.8 Å². The fraction of sp³-hybridized carbons (Fsp3) is 0.176. The molecule has 0 fully saturated rings. The Kier molecular flexibility index (Phi) is 5.07. The van der Waals surface area contributed by atoms with Gasteiger partial charge in [0.2, 0.25) is 0 Å². The Morgan fingerprint density at radius 1 is 0.952 bits per heavy atom. The minimum Gasteiger partial charge on any atom is -0.508 e. The van der Waals surface area contributed by atoms with Crippen LogP contribution in [0.2, 0.25) is 0 Å². The van der Waals surface area contributed by atoms with E-state index >= 15 is 0 Å². The maximum absolute atomic E-state index is 8.84. The van der Waals surface area contributed by atoms with Crippen molar-refractivity contribution in [1.29, 1.82) is 10.5 Å². The molecular weight excluding hydrogens is 264 g/mol. The quantitative estimate of drug-likeness (QED) is 0.938. The Hall–Kier alpha value is -2.98. The van der Waals surface area contributed by atoms with Gasteiger partial charge >= 0.3 is 0 Å². The molecule has 0 bridgehead atoms. The zero-order valence-electron chi connectivity index (χ0n) is 14.3. The van der Waals surface area contributed by atoms with Gasteiger partial charge in [-0.15, -0.1) is 0 Å². The van der Waals surface area contributed by atoms with Gasteiger partial charge in [0.15, 0.2) is 0 Å². The minimum atomic E-state index is -2.42. The SMILES string of the molecule is N#CCc1ccc(O)cc1.[2H]C([2H])([2H])Oc1ccc(CC#N)cc1. The highest BCUT2D eigenvalue weighted by Gasteiger charge is 1.91. The van der Waals surface area contributed by atoms with E-state index < -0.39 is 7.04 Å². The second-order valence-corrected chi connectivity index (χ2v) is 4.08. The average Bonchev–Trinajstić information content (AvgIpc) is 2.51. The van der Waals surface area contributed by atoms with E-state index in [1.165, 1.54) is 0 Å². The molecule has 0 aromatic heterocycles. The highest BCUT2D eigenvalue weighted by molar-refractivity contribution is 5.28. The number of hydrogen-bond acceptors (Lipinski definition) is 4. The molecule has 2 aromatic rings. The lowest BCUT2D eigenvalue weighted by Gasteiger charge is -1.98. The lowest BCUT2D eigenvalue weighted by atomic mass is 10.2. The number of nitriles is 2. The van der Waals surface area contributed by atoms with Crippen molar-refractivity contribution in [1.82, 2.24) is 0 Å². The Morgan fingerprint density at radius 3 is 1.86 bits per heavy atom. The molecule has 0 unspecified atom stereocenters. The third-order valence-corrected chi connectivity index (χ3v) is 2.54. The molecule has 0 atom stereocenters. The zero-order valence-corrected chi connectivity index (χ0v) is 11.3. The summed E-state index contributed by atoms with van der Waals surface area (Å²) in [6.45, 7) is 0. The van der Waals surface area contributed by atoms with E-state index in [2.05, 4.69) is 4.74 Å². The largest absolute Gasteiger partial charge is 0.508 e. The van der Waals surface area contributed by atoms with Crippen molar-refractivity contribution >= 4 is 0 Å². The molecule has 0 aliphatic carbocycles. The van der Waals surface area contributed by atoms with Crippen LogP contribution in [0.25, 0.3) is 0 Å². The second-order valence-electron chi connectivity index (χ2n) is 4.08. The third kappa shape index (κ3) is 6.13. The Labute approximate surface area is 128 Å². The van der Waals surface area contributed by atoms with Crippen LogP contribution in [0.3, 0.4) is 0 Å². The summed E-state index contributed by atoms with van der Waals surface area (Å²) in [6.07, 6.45) is 0.717. The molecule has 2 rings (SSSR count). The van der Waals surface area contributed by atoms with E-state index in [1.54, 1.807) is 48.5 Å². The molecule has 4 nitrogen and oxygen atoms in total.